The van der Waals surface area contributed by atoms with Crippen molar-refractivity contribution in [1.82, 2.24) is 15.3 Å². The number of carbonyl (C=O) groups is 1. The van der Waals surface area contributed by atoms with Crippen LogP contribution in [0.4, 0.5) is 5.13 Å². The van der Waals surface area contributed by atoms with Gasteiger partial charge in [0.1, 0.15) is 4.88 Å². The first-order chi connectivity index (χ1) is 11.5. The molecule has 2 N–H and O–H groups in total. The Hall–Kier alpha value is -1.31. The topological polar surface area (TPSA) is 66.9 Å². The van der Waals surface area contributed by atoms with Gasteiger partial charge in [-0.2, -0.15) is 0 Å². The van der Waals surface area contributed by atoms with Crippen molar-refractivity contribution in [3.8, 4) is 0 Å². The fourth-order valence-electron chi connectivity index (χ4n) is 2.89. The third-order valence-electron chi connectivity index (χ3n) is 4.12. The van der Waals surface area contributed by atoms with Gasteiger partial charge in [-0.05, 0) is 44.7 Å². The average Bonchev–Trinajstić information content (AvgIpc) is 3.14. The summed E-state index contributed by atoms with van der Waals surface area (Å²) in [6.07, 6.45) is 5.11. The molecular formula is C17H24N4OS2. The van der Waals surface area contributed by atoms with E-state index in [4.69, 9.17) is 0 Å². The molecule has 7 heteroatoms. The van der Waals surface area contributed by atoms with E-state index in [1.165, 1.54) is 16.2 Å². The largest absolute Gasteiger partial charge is 0.317 e. The number of piperidine rings is 1. The molecule has 2 aromatic rings. The SMILES string of the molecule is Cc1nc(CC(C)C)sc1C(=O)Nc1ncc(C2CCNCC2)s1. The van der Waals surface area contributed by atoms with E-state index in [0.29, 0.717) is 21.8 Å². The predicted octanol–water partition coefficient (Wildman–Crippen LogP) is 3.83. The lowest BCUT2D eigenvalue weighted by atomic mass is 9.97. The number of rotatable bonds is 5. The van der Waals surface area contributed by atoms with Crippen molar-refractivity contribution >= 4 is 33.7 Å². The number of anilines is 1. The zero-order valence-corrected chi connectivity index (χ0v) is 16.0. The van der Waals surface area contributed by atoms with Crippen LogP contribution in [0.3, 0.4) is 0 Å². The quantitative estimate of drug-likeness (QED) is 0.846. The Balaban J connectivity index is 1.66. The van der Waals surface area contributed by atoms with Crippen LogP contribution in [0.2, 0.25) is 0 Å². The Morgan fingerprint density at radius 3 is 2.83 bits per heavy atom. The number of hydrogen-bond acceptors (Lipinski definition) is 6. The fourth-order valence-corrected chi connectivity index (χ4v) is 5.05. The van der Waals surface area contributed by atoms with Crippen molar-refractivity contribution in [2.24, 2.45) is 5.92 Å². The third kappa shape index (κ3) is 4.20. The Kier molecular flexibility index (Phi) is 5.63. The molecule has 1 aliphatic rings. The van der Waals surface area contributed by atoms with Gasteiger partial charge in [-0.1, -0.05) is 13.8 Å². The van der Waals surface area contributed by atoms with Gasteiger partial charge < -0.3 is 5.32 Å². The van der Waals surface area contributed by atoms with Crippen LogP contribution in [0.1, 0.15) is 57.9 Å². The molecule has 1 fully saturated rings. The van der Waals surface area contributed by atoms with Crippen LogP contribution in [-0.2, 0) is 6.42 Å². The normalized spacial score (nSPS) is 15.8. The van der Waals surface area contributed by atoms with Gasteiger partial charge in [0.25, 0.3) is 5.91 Å². The first kappa shape index (κ1) is 17.5. The minimum absolute atomic E-state index is 0.0915. The molecule has 3 heterocycles. The van der Waals surface area contributed by atoms with E-state index in [2.05, 4.69) is 34.4 Å². The Morgan fingerprint density at radius 2 is 2.12 bits per heavy atom. The Morgan fingerprint density at radius 1 is 1.38 bits per heavy atom. The molecule has 0 atom stereocenters. The number of hydrogen-bond donors (Lipinski definition) is 2. The molecule has 0 spiro atoms. The Labute approximate surface area is 150 Å². The molecule has 3 rings (SSSR count). The van der Waals surface area contributed by atoms with Crippen molar-refractivity contribution in [2.45, 2.75) is 46.0 Å². The highest BCUT2D eigenvalue weighted by Crippen LogP contribution is 2.32. The van der Waals surface area contributed by atoms with E-state index in [9.17, 15) is 4.79 Å². The molecule has 0 aliphatic carbocycles. The minimum atomic E-state index is -0.0915. The number of aromatic nitrogens is 2. The van der Waals surface area contributed by atoms with Crippen molar-refractivity contribution in [1.29, 1.82) is 0 Å². The molecule has 2 aromatic heterocycles. The van der Waals surface area contributed by atoms with Gasteiger partial charge in [0, 0.05) is 17.5 Å². The van der Waals surface area contributed by atoms with Crippen LogP contribution in [-0.4, -0.2) is 29.0 Å². The van der Waals surface area contributed by atoms with Crippen LogP contribution in [0.15, 0.2) is 6.20 Å². The van der Waals surface area contributed by atoms with Crippen LogP contribution in [0, 0.1) is 12.8 Å². The molecule has 130 valence electrons. The van der Waals surface area contributed by atoms with Crippen molar-refractivity contribution in [3.05, 3.63) is 26.7 Å². The van der Waals surface area contributed by atoms with Gasteiger partial charge in [-0.25, -0.2) is 9.97 Å². The second kappa shape index (κ2) is 7.72. The van der Waals surface area contributed by atoms with E-state index >= 15 is 0 Å². The zero-order valence-electron chi connectivity index (χ0n) is 14.4. The van der Waals surface area contributed by atoms with Gasteiger partial charge in [0.2, 0.25) is 0 Å². The predicted molar refractivity (Wildman–Crippen MR) is 100 cm³/mol. The van der Waals surface area contributed by atoms with Gasteiger partial charge in [0.05, 0.1) is 10.7 Å². The number of carbonyl (C=O) groups excluding carboxylic acids is 1. The van der Waals surface area contributed by atoms with Crippen molar-refractivity contribution < 1.29 is 4.79 Å². The number of nitrogens with zero attached hydrogens (tertiary/aromatic N) is 2. The molecule has 24 heavy (non-hydrogen) atoms. The molecule has 0 bridgehead atoms. The summed E-state index contributed by atoms with van der Waals surface area (Å²) in [5, 5.41) is 8.04. The van der Waals surface area contributed by atoms with E-state index in [1.54, 1.807) is 11.3 Å². The first-order valence-corrected chi connectivity index (χ1v) is 10.1. The van der Waals surface area contributed by atoms with Gasteiger partial charge in [-0.15, -0.1) is 22.7 Å². The van der Waals surface area contributed by atoms with E-state index in [0.717, 1.165) is 43.1 Å². The van der Waals surface area contributed by atoms with Crippen molar-refractivity contribution in [3.63, 3.8) is 0 Å². The standard InChI is InChI=1S/C17H24N4OS2/c1-10(2)8-14-20-11(3)15(24-14)16(22)21-17-19-9-13(23-17)12-4-6-18-7-5-12/h9-10,12,18H,4-8H2,1-3H3,(H,19,21,22). The highest BCUT2D eigenvalue weighted by molar-refractivity contribution is 7.16. The molecule has 1 amide bonds. The maximum Gasteiger partial charge on any atom is 0.269 e. The summed E-state index contributed by atoms with van der Waals surface area (Å²) in [4.78, 5) is 23.4. The van der Waals surface area contributed by atoms with Crippen molar-refractivity contribution in [2.75, 3.05) is 18.4 Å². The molecule has 1 aliphatic heterocycles. The number of thiazole rings is 2. The maximum absolute atomic E-state index is 12.5. The maximum atomic E-state index is 12.5. The van der Waals surface area contributed by atoms with Gasteiger partial charge in [0.15, 0.2) is 5.13 Å². The second-order valence-corrected chi connectivity index (χ2v) is 8.81. The summed E-state index contributed by atoms with van der Waals surface area (Å²) in [5.41, 5.74) is 0.809. The van der Waals surface area contributed by atoms with Crippen LogP contribution in [0.25, 0.3) is 0 Å². The van der Waals surface area contributed by atoms with Crippen LogP contribution >= 0.6 is 22.7 Å². The second-order valence-electron chi connectivity index (χ2n) is 6.67. The summed E-state index contributed by atoms with van der Waals surface area (Å²) in [5.74, 6) is 1.02. The molecule has 0 saturated carbocycles. The van der Waals surface area contributed by atoms with Gasteiger partial charge in [-0.3, -0.25) is 10.1 Å². The fraction of sp³-hybridized carbons (Fsp3) is 0.588. The monoisotopic (exact) mass is 364 g/mol. The summed E-state index contributed by atoms with van der Waals surface area (Å²) in [7, 11) is 0. The van der Waals surface area contributed by atoms with Crippen LogP contribution in [0.5, 0.6) is 0 Å². The van der Waals surface area contributed by atoms with Crippen LogP contribution < -0.4 is 10.6 Å². The molecule has 1 saturated heterocycles. The molecular weight excluding hydrogens is 340 g/mol. The lowest BCUT2D eigenvalue weighted by Crippen LogP contribution is -2.26. The highest BCUT2D eigenvalue weighted by atomic mass is 32.1. The number of amides is 1. The summed E-state index contributed by atoms with van der Waals surface area (Å²) in [6, 6.07) is 0. The Bertz CT molecular complexity index is 701. The first-order valence-electron chi connectivity index (χ1n) is 8.47. The summed E-state index contributed by atoms with van der Waals surface area (Å²) in [6.45, 7) is 8.34. The number of nitrogens with one attached hydrogen (secondary N) is 2. The van der Waals surface area contributed by atoms with Gasteiger partial charge >= 0.3 is 0 Å². The summed E-state index contributed by atoms with van der Waals surface area (Å²) >= 11 is 3.09. The van der Waals surface area contributed by atoms with E-state index in [1.807, 2.05) is 13.1 Å². The highest BCUT2D eigenvalue weighted by Gasteiger charge is 2.20. The number of aryl methyl sites for hydroxylation is 1. The average molecular weight is 365 g/mol. The smallest absolute Gasteiger partial charge is 0.269 e. The lowest BCUT2D eigenvalue weighted by molar-refractivity contribution is 0.103. The minimum Gasteiger partial charge on any atom is -0.317 e. The van der Waals surface area contributed by atoms with E-state index in [-0.39, 0.29) is 5.91 Å². The zero-order chi connectivity index (χ0) is 17.1. The molecule has 0 aromatic carbocycles. The molecule has 5 nitrogen and oxygen atoms in total. The van der Waals surface area contributed by atoms with E-state index < -0.39 is 0 Å². The molecule has 0 unspecified atom stereocenters. The third-order valence-corrected chi connectivity index (χ3v) is 6.37. The molecule has 0 radical (unpaired) electrons. The summed E-state index contributed by atoms with van der Waals surface area (Å²) < 4.78 is 0. The lowest BCUT2D eigenvalue weighted by Gasteiger charge is -2.20.